The number of carbonyl (C=O) groups excluding carboxylic acids is 1. The highest BCUT2D eigenvalue weighted by molar-refractivity contribution is 7.16. The molecular weight excluding hydrogens is 258 g/mol. The zero-order chi connectivity index (χ0) is 12.3. The van der Waals surface area contributed by atoms with E-state index < -0.39 is 0 Å². The average molecular weight is 269 g/mol. The predicted molar refractivity (Wildman–Crippen MR) is 67.0 cm³/mol. The van der Waals surface area contributed by atoms with Gasteiger partial charge < -0.3 is 11.1 Å². The summed E-state index contributed by atoms with van der Waals surface area (Å²) in [6, 6.07) is 0. The van der Waals surface area contributed by atoms with Crippen LogP contribution in [0, 0.1) is 0 Å². The van der Waals surface area contributed by atoms with E-state index in [1.54, 1.807) is 11.3 Å². The minimum absolute atomic E-state index is 0.271. The molecule has 0 unspecified atom stereocenters. The lowest BCUT2D eigenvalue weighted by molar-refractivity contribution is 0.0950. The van der Waals surface area contributed by atoms with Gasteiger partial charge in [-0.05, 0) is 6.42 Å². The first kappa shape index (κ1) is 11.9. The Morgan fingerprint density at radius 3 is 2.88 bits per heavy atom. The van der Waals surface area contributed by atoms with Crippen LogP contribution >= 0.6 is 22.7 Å². The summed E-state index contributed by atoms with van der Waals surface area (Å²) in [6.45, 7) is 2.48. The van der Waals surface area contributed by atoms with Crippen molar-refractivity contribution in [2.75, 3.05) is 5.73 Å². The maximum atomic E-state index is 11.6. The Balaban J connectivity index is 1.92. The Morgan fingerprint density at radius 2 is 2.29 bits per heavy atom. The van der Waals surface area contributed by atoms with Crippen LogP contribution in [0.3, 0.4) is 0 Å². The van der Waals surface area contributed by atoms with Crippen LogP contribution in [0.5, 0.6) is 0 Å². The summed E-state index contributed by atoms with van der Waals surface area (Å²) in [5.41, 5.74) is 5.40. The van der Waals surface area contributed by atoms with E-state index in [2.05, 4.69) is 27.4 Å². The van der Waals surface area contributed by atoms with Crippen molar-refractivity contribution in [2.45, 2.75) is 19.9 Å². The van der Waals surface area contributed by atoms with Crippen LogP contribution in [0.2, 0.25) is 0 Å². The first-order valence-electron chi connectivity index (χ1n) is 4.99. The van der Waals surface area contributed by atoms with Crippen LogP contribution in [-0.4, -0.2) is 21.1 Å². The van der Waals surface area contributed by atoms with Crippen molar-refractivity contribution in [1.82, 2.24) is 20.5 Å². The largest absolute Gasteiger partial charge is 0.374 e. The van der Waals surface area contributed by atoms with Gasteiger partial charge in [0.05, 0.1) is 6.54 Å². The number of nitrogen functional groups attached to an aromatic ring is 1. The maximum absolute atomic E-state index is 11.6. The number of anilines is 1. The van der Waals surface area contributed by atoms with Gasteiger partial charge >= 0.3 is 0 Å². The molecule has 17 heavy (non-hydrogen) atoms. The number of carbonyl (C=O) groups is 1. The Kier molecular flexibility index (Phi) is 3.64. The molecule has 2 aromatic heterocycles. The fourth-order valence-electron chi connectivity index (χ4n) is 1.15. The number of nitrogens with one attached hydrogen (secondary N) is 1. The second-order valence-corrected chi connectivity index (χ2v) is 5.41. The number of nitrogens with zero attached hydrogens (tertiary/aromatic N) is 3. The van der Waals surface area contributed by atoms with Crippen LogP contribution in [0.15, 0.2) is 6.20 Å². The summed E-state index contributed by atoms with van der Waals surface area (Å²) in [5.74, 6) is -0.271. The molecule has 0 spiro atoms. The molecule has 0 saturated carbocycles. The highest BCUT2D eigenvalue weighted by atomic mass is 32.1. The van der Waals surface area contributed by atoms with Gasteiger partial charge in [0.1, 0.15) is 5.01 Å². The highest BCUT2D eigenvalue weighted by Gasteiger charge is 2.11. The molecule has 0 aliphatic heterocycles. The van der Waals surface area contributed by atoms with Gasteiger partial charge in [-0.15, -0.1) is 21.5 Å². The van der Waals surface area contributed by atoms with Crippen molar-refractivity contribution in [2.24, 2.45) is 0 Å². The number of nitrogens with two attached hydrogens (primary N) is 1. The molecule has 6 nitrogen and oxygen atoms in total. The van der Waals surface area contributed by atoms with Crippen molar-refractivity contribution in [3.63, 3.8) is 0 Å². The molecule has 1 amide bonds. The van der Waals surface area contributed by atoms with Gasteiger partial charge in [0.2, 0.25) is 10.1 Å². The molecule has 0 atom stereocenters. The number of amides is 1. The van der Waals surface area contributed by atoms with Crippen LogP contribution in [-0.2, 0) is 13.0 Å². The van der Waals surface area contributed by atoms with Gasteiger partial charge in [0, 0.05) is 11.1 Å². The monoisotopic (exact) mass is 269 g/mol. The average Bonchev–Trinajstić information content (AvgIpc) is 2.94. The van der Waals surface area contributed by atoms with E-state index in [1.165, 1.54) is 4.88 Å². The second kappa shape index (κ2) is 5.19. The Morgan fingerprint density at radius 1 is 1.47 bits per heavy atom. The third-order valence-corrected chi connectivity index (χ3v) is 3.88. The minimum atomic E-state index is -0.271. The zero-order valence-electron chi connectivity index (χ0n) is 9.14. The van der Waals surface area contributed by atoms with E-state index in [-0.39, 0.29) is 16.0 Å². The summed E-state index contributed by atoms with van der Waals surface area (Å²) in [5, 5.41) is 11.4. The van der Waals surface area contributed by atoms with Crippen LogP contribution in [0.4, 0.5) is 5.13 Å². The first-order valence-corrected chi connectivity index (χ1v) is 6.63. The van der Waals surface area contributed by atoms with Gasteiger partial charge in [0.25, 0.3) is 5.91 Å². The van der Waals surface area contributed by atoms with E-state index in [0.717, 1.165) is 22.8 Å². The van der Waals surface area contributed by atoms with Gasteiger partial charge in [0.15, 0.2) is 0 Å². The van der Waals surface area contributed by atoms with Crippen molar-refractivity contribution in [1.29, 1.82) is 0 Å². The van der Waals surface area contributed by atoms with E-state index in [0.29, 0.717) is 6.54 Å². The second-order valence-electron chi connectivity index (χ2n) is 3.20. The lowest BCUT2D eigenvalue weighted by atomic mass is 10.4. The summed E-state index contributed by atoms with van der Waals surface area (Å²) in [6.07, 6.45) is 2.79. The zero-order valence-corrected chi connectivity index (χ0v) is 10.8. The van der Waals surface area contributed by atoms with Gasteiger partial charge in [-0.1, -0.05) is 18.3 Å². The summed E-state index contributed by atoms with van der Waals surface area (Å²) in [7, 11) is 0. The van der Waals surface area contributed by atoms with Crippen LogP contribution in [0.1, 0.15) is 26.6 Å². The van der Waals surface area contributed by atoms with Crippen LogP contribution in [0.25, 0.3) is 0 Å². The molecule has 0 aromatic carbocycles. The normalized spacial score (nSPS) is 10.4. The predicted octanol–water partition coefficient (Wildman–Crippen LogP) is 1.07. The molecule has 2 rings (SSSR count). The van der Waals surface area contributed by atoms with Crippen LogP contribution < -0.4 is 11.1 Å². The smallest absolute Gasteiger partial charge is 0.282 e. The lowest BCUT2D eigenvalue weighted by Crippen LogP contribution is -2.22. The SMILES string of the molecule is CCc1cnc(CNC(=O)c2nnc(N)s2)s1. The number of hydrogen-bond donors (Lipinski definition) is 2. The summed E-state index contributed by atoms with van der Waals surface area (Å²) < 4.78 is 0. The van der Waals surface area contributed by atoms with Crippen molar-refractivity contribution in [3.05, 3.63) is 21.1 Å². The lowest BCUT2D eigenvalue weighted by Gasteiger charge is -1.98. The fourth-order valence-corrected chi connectivity index (χ4v) is 2.48. The highest BCUT2D eigenvalue weighted by Crippen LogP contribution is 2.14. The molecule has 3 N–H and O–H groups in total. The molecule has 2 aromatic rings. The standard InChI is InChI=1S/C9H11N5OS2/c1-2-5-3-11-6(16-5)4-12-7(15)8-13-14-9(10)17-8/h3H,2,4H2,1H3,(H2,10,14)(H,12,15). The van der Waals surface area contributed by atoms with Crippen molar-refractivity contribution >= 4 is 33.7 Å². The molecule has 2 heterocycles. The Bertz CT molecular complexity index is 521. The Labute approximate surface area is 106 Å². The molecule has 0 radical (unpaired) electrons. The summed E-state index contributed by atoms with van der Waals surface area (Å²) in [4.78, 5) is 17.0. The third kappa shape index (κ3) is 2.98. The topological polar surface area (TPSA) is 93.8 Å². The quantitative estimate of drug-likeness (QED) is 0.866. The maximum Gasteiger partial charge on any atom is 0.282 e. The molecule has 0 fully saturated rings. The number of aryl methyl sites for hydroxylation is 1. The number of rotatable bonds is 4. The van der Waals surface area contributed by atoms with Gasteiger partial charge in [-0.25, -0.2) is 4.98 Å². The minimum Gasteiger partial charge on any atom is -0.374 e. The molecule has 0 aliphatic carbocycles. The van der Waals surface area contributed by atoms with Crippen molar-refractivity contribution < 1.29 is 4.79 Å². The van der Waals surface area contributed by atoms with Crippen molar-refractivity contribution in [3.8, 4) is 0 Å². The fraction of sp³-hybridized carbons (Fsp3) is 0.333. The summed E-state index contributed by atoms with van der Waals surface area (Å²) >= 11 is 2.66. The molecule has 0 bridgehead atoms. The van der Waals surface area contributed by atoms with E-state index in [4.69, 9.17) is 5.73 Å². The molecular formula is C9H11N5OS2. The molecule has 0 saturated heterocycles. The first-order chi connectivity index (χ1) is 8.19. The number of hydrogen-bond acceptors (Lipinski definition) is 7. The van der Waals surface area contributed by atoms with Gasteiger partial charge in [-0.3, -0.25) is 4.79 Å². The van der Waals surface area contributed by atoms with Gasteiger partial charge in [-0.2, -0.15) is 0 Å². The number of aromatic nitrogens is 3. The Hall–Kier alpha value is -1.54. The molecule has 90 valence electrons. The number of thiazole rings is 1. The van der Waals surface area contributed by atoms with E-state index >= 15 is 0 Å². The third-order valence-electron chi connectivity index (χ3n) is 1.98. The van der Waals surface area contributed by atoms with E-state index in [9.17, 15) is 4.79 Å². The van der Waals surface area contributed by atoms with E-state index in [1.807, 2.05) is 6.20 Å². The molecule has 8 heteroatoms. The molecule has 0 aliphatic rings.